The molecule has 4 rings (SSSR count). The van der Waals surface area contributed by atoms with E-state index in [0.717, 1.165) is 24.2 Å². The summed E-state index contributed by atoms with van der Waals surface area (Å²) < 4.78 is 53.8. The van der Waals surface area contributed by atoms with Crippen molar-refractivity contribution in [1.29, 1.82) is 0 Å². The molecule has 0 amide bonds. The molecule has 31 heavy (non-hydrogen) atoms. The second-order valence-electron chi connectivity index (χ2n) is 8.32. The minimum Gasteiger partial charge on any atom is -0.493 e. The van der Waals surface area contributed by atoms with Crippen molar-refractivity contribution in [2.45, 2.75) is 44.3 Å². The molecule has 4 nitrogen and oxygen atoms in total. The lowest BCUT2D eigenvalue weighted by Crippen LogP contribution is -2.47. The molecule has 168 valence electrons. The number of halogens is 4. The van der Waals surface area contributed by atoms with Crippen molar-refractivity contribution in [3.8, 4) is 11.5 Å². The maximum Gasteiger partial charge on any atom is 0.195 e. The number of para-hydroxylation sites is 1. The topological polar surface area (TPSA) is 41.9 Å². The molecule has 0 saturated carbocycles. The van der Waals surface area contributed by atoms with Gasteiger partial charge in [-0.2, -0.15) is 0 Å². The summed E-state index contributed by atoms with van der Waals surface area (Å²) in [5.74, 6) is -2.87. The van der Waals surface area contributed by atoms with Crippen LogP contribution >= 0.6 is 11.6 Å². The van der Waals surface area contributed by atoms with Gasteiger partial charge in [-0.25, -0.2) is 13.2 Å². The van der Waals surface area contributed by atoms with Crippen LogP contribution in [-0.4, -0.2) is 42.9 Å². The Morgan fingerprint density at radius 2 is 1.90 bits per heavy atom. The Labute approximate surface area is 184 Å². The van der Waals surface area contributed by atoms with E-state index in [-0.39, 0.29) is 35.1 Å². The zero-order chi connectivity index (χ0) is 22.3. The lowest BCUT2D eigenvalue weighted by Gasteiger charge is -2.40. The quantitative estimate of drug-likeness (QED) is 0.533. The fraction of sp³-hybridized carbons (Fsp3) is 0.478. The van der Waals surface area contributed by atoms with Crippen molar-refractivity contribution in [2.75, 3.05) is 26.7 Å². The van der Waals surface area contributed by atoms with Crippen LogP contribution in [0, 0.1) is 24.4 Å². The van der Waals surface area contributed by atoms with Crippen molar-refractivity contribution >= 4 is 11.6 Å². The summed E-state index contributed by atoms with van der Waals surface area (Å²) in [4.78, 5) is 2.12. The highest BCUT2D eigenvalue weighted by Gasteiger charge is 2.41. The van der Waals surface area contributed by atoms with E-state index in [1.807, 2.05) is 18.2 Å². The molecule has 2 aliphatic heterocycles. The summed E-state index contributed by atoms with van der Waals surface area (Å²) in [5.41, 5.74) is -1.09. The molecule has 0 radical (unpaired) electrons. The Morgan fingerprint density at radius 1 is 1.19 bits per heavy atom. The standard InChI is InChI=1S/C23H25ClF3NO3/c1-13-18(24)17(20(26)21(27)19(13)25)23(29)8-10-28(11-9-23)12-15-7-6-14-4-3-5-16(30-2)22(14)31-15/h3-5,15,29H,6-12H2,1-2H3. The summed E-state index contributed by atoms with van der Waals surface area (Å²) >= 11 is 6.12. The minimum absolute atomic E-state index is 0.0409. The Morgan fingerprint density at radius 3 is 2.58 bits per heavy atom. The van der Waals surface area contributed by atoms with E-state index in [2.05, 4.69) is 4.90 Å². The van der Waals surface area contributed by atoms with Gasteiger partial charge in [-0.3, -0.25) is 4.90 Å². The number of hydrogen-bond donors (Lipinski definition) is 1. The summed E-state index contributed by atoms with van der Waals surface area (Å²) in [6, 6.07) is 5.83. The molecule has 1 unspecified atom stereocenters. The SMILES string of the molecule is COc1cccc2c1OC(CN1CCC(O)(c3c(F)c(F)c(F)c(C)c3Cl)CC1)CC2. The van der Waals surface area contributed by atoms with E-state index >= 15 is 0 Å². The number of methoxy groups -OCH3 is 1. The van der Waals surface area contributed by atoms with Crippen LogP contribution in [0.25, 0.3) is 0 Å². The Kier molecular flexibility index (Phi) is 6.12. The molecule has 0 bridgehead atoms. The van der Waals surface area contributed by atoms with Crippen molar-refractivity contribution in [3.05, 3.63) is 57.4 Å². The molecule has 1 fully saturated rings. The van der Waals surface area contributed by atoms with Crippen molar-refractivity contribution in [3.63, 3.8) is 0 Å². The second kappa shape index (κ2) is 8.52. The number of hydrogen-bond acceptors (Lipinski definition) is 4. The lowest BCUT2D eigenvalue weighted by molar-refractivity contribution is -0.0364. The average Bonchev–Trinajstić information content (AvgIpc) is 2.77. The smallest absolute Gasteiger partial charge is 0.195 e. The van der Waals surface area contributed by atoms with Crippen LogP contribution in [-0.2, 0) is 12.0 Å². The highest BCUT2D eigenvalue weighted by atomic mass is 35.5. The van der Waals surface area contributed by atoms with Gasteiger partial charge < -0.3 is 14.6 Å². The van der Waals surface area contributed by atoms with E-state index in [1.165, 1.54) is 6.92 Å². The molecular formula is C23H25ClF3NO3. The van der Waals surface area contributed by atoms with E-state index in [1.54, 1.807) is 7.11 Å². The van der Waals surface area contributed by atoms with E-state index in [9.17, 15) is 18.3 Å². The number of aryl methyl sites for hydroxylation is 1. The van der Waals surface area contributed by atoms with Gasteiger partial charge in [-0.1, -0.05) is 23.7 Å². The first kappa shape index (κ1) is 22.2. The predicted molar refractivity (Wildman–Crippen MR) is 111 cm³/mol. The first-order valence-corrected chi connectivity index (χ1v) is 10.7. The van der Waals surface area contributed by atoms with Crippen LogP contribution in [0.1, 0.15) is 36.0 Å². The monoisotopic (exact) mass is 455 g/mol. The molecule has 1 saturated heterocycles. The number of aliphatic hydroxyl groups is 1. The first-order valence-electron chi connectivity index (χ1n) is 10.4. The average molecular weight is 456 g/mol. The van der Waals surface area contributed by atoms with Gasteiger partial charge in [0.1, 0.15) is 6.10 Å². The summed E-state index contributed by atoms with van der Waals surface area (Å²) in [6.45, 7) is 2.81. The van der Waals surface area contributed by atoms with Crippen LogP contribution in [0.3, 0.4) is 0 Å². The molecule has 8 heteroatoms. The lowest BCUT2D eigenvalue weighted by atomic mass is 9.83. The number of fused-ring (bicyclic) bond motifs is 1. The van der Waals surface area contributed by atoms with Crippen LogP contribution in [0.4, 0.5) is 13.2 Å². The molecule has 0 aromatic heterocycles. The van der Waals surface area contributed by atoms with Crippen molar-refractivity contribution in [2.24, 2.45) is 0 Å². The van der Waals surface area contributed by atoms with Gasteiger partial charge >= 0.3 is 0 Å². The fourth-order valence-electron chi connectivity index (χ4n) is 4.53. The molecule has 0 spiro atoms. The molecule has 2 aromatic carbocycles. The largest absolute Gasteiger partial charge is 0.493 e. The number of benzene rings is 2. The van der Waals surface area contributed by atoms with Crippen molar-refractivity contribution in [1.82, 2.24) is 4.90 Å². The first-order chi connectivity index (χ1) is 14.7. The minimum atomic E-state index is -1.65. The third kappa shape index (κ3) is 3.99. The molecule has 1 atom stereocenters. The summed E-state index contributed by atoms with van der Waals surface area (Å²) in [6.07, 6.45) is 2.00. The fourth-order valence-corrected chi connectivity index (χ4v) is 4.87. The number of ether oxygens (including phenoxy) is 2. The van der Waals surface area contributed by atoms with E-state index in [0.29, 0.717) is 25.4 Å². The predicted octanol–water partition coefficient (Wildman–Crippen LogP) is 4.75. The van der Waals surface area contributed by atoms with Gasteiger partial charge in [-0.15, -0.1) is 0 Å². The molecule has 2 aromatic rings. The molecule has 2 aliphatic rings. The van der Waals surface area contributed by atoms with Crippen LogP contribution in [0.2, 0.25) is 5.02 Å². The molecule has 0 aliphatic carbocycles. The van der Waals surface area contributed by atoms with Gasteiger partial charge in [0, 0.05) is 30.8 Å². The maximum atomic E-state index is 14.5. The summed E-state index contributed by atoms with van der Waals surface area (Å²) in [7, 11) is 1.61. The third-order valence-electron chi connectivity index (χ3n) is 6.39. The molecular weight excluding hydrogens is 431 g/mol. The van der Waals surface area contributed by atoms with Crippen LogP contribution in [0.15, 0.2) is 18.2 Å². The van der Waals surface area contributed by atoms with Crippen LogP contribution in [0.5, 0.6) is 11.5 Å². The van der Waals surface area contributed by atoms with Crippen LogP contribution < -0.4 is 9.47 Å². The molecule has 2 heterocycles. The number of piperidine rings is 1. The maximum absolute atomic E-state index is 14.5. The highest BCUT2D eigenvalue weighted by molar-refractivity contribution is 6.32. The normalized spacial score (nSPS) is 20.8. The Balaban J connectivity index is 1.45. The van der Waals surface area contributed by atoms with Gasteiger partial charge in [0.15, 0.2) is 29.0 Å². The second-order valence-corrected chi connectivity index (χ2v) is 8.69. The van der Waals surface area contributed by atoms with Crippen molar-refractivity contribution < 1.29 is 27.8 Å². The van der Waals surface area contributed by atoms with Gasteiger partial charge in [0.05, 0.1) is 17.7 Å². The van der Waals surface area contributed by atoms with Gasteiger partial charge in [-0.05, 0) is 44.2 Å². The van der Waals surface area contributed by atoms with Gasteiger partial charge in [0.2, 0.25) is 0 Å². The number of rotatable bonds is 4. The molecule has 1 N–H and O–H groups in total. The number of likely N-dealkylation sites (tertiary alicyclic amines) is 1. The Hall–Kier alpha value is -1.96. The zero-order valence-corrected chi connectivity index (χ0v) is 18.2. The number of nitrogens with zero attached hydrogens (tertiary/aromatic N) is 1. The zero-order valence-electron chi connectivity index (χ0n) is 17.5. The van der Waals surface area contributed by atoms with E-state index < -0.39 is 23.1 Å². The Bertz CT molecular complexity index is 949. The summed E-state index contributed by atoms with van der Waals surface area (Å²) in [5, 5.41) is 10.8. The van der Waals surface area contributed by atoms with E-state index in [4.69, 9.17) is 21.1 Å². The highest BCUT2D eigenvalue weighted by Crippen LogP contribution is 2.42. The van der Waals surface area contributed by atoms with Gasteiger partial charge in [0.25, 0.3) is 0 Å². The third-order valence-corrected chi connectivity index (χ3v) is 6.87.